The van der Waals surface area contributed by atoms with Crippen LogP contribution in [0.4, 0.5) is 4.79 Å². The van der Waals surface area contributed by atoms with Gasteiger partial charge in [0.05, 0.1) is 6.61 Å². The van der Waals surface area contributed by atoms with Gasteiger partial charge in [0.2, 0.25) is 0 Å². The van der Waals surface area contributed by atoms with Crippen molar-refractivity contribution in [1.29, 1.82) is 0 Å². The molecule has 0 aliphatic carbocycles. The molecule has 0 spiro atoms. The number of hydrogen-bond acceptors (Lipinski definition) is 5. The van der Waals surface area contributed by atoms with Gasteiger partial charge < -0.3 is 19.5 Å². The number of nitrogens with one attached hydrogen (secondary N) is 1. The van der Waals surface area contributed by atoms with Crippen molar-refractivity contribution in [3.8, 4) is 0 Å². The molecule has 1 aliphatic heterocycles. The van der Waals surface area contributed by atoms with Crippen LogP contribution in [0.2, 0.25) is 0 Å². The van der Waals surface area contributed by atoms with E-state index in [0.717, 1.165) is 12.8 Å². The van der Waals surface area contributed by atoms with Gasteiger partial charge >= 0.3 is 12.1 Å². The van der Waals surface area contributed by atoms with E-state index in [1.54, 1.807) is 34.0 Å². The largest absolute Gasteiger partial charge is 0.461 e. The van der Waals surface area contributed by atoms with E-state index in [9.17, 15) is 9.59 Å². The van der Waals surface area contributed by atoms with Gasteiger partial charge in [-0.25, -0.2) is 9.59 Å². The second-order valence-electron chi connectivity index (χ2n) is 6.50. The predicted molar refractivity (Wildman–Crippen MR) is 82.5 cm³/mol. The molecule has 0 aromatic carbocycles. The minimum Gasteiger partial charge on any atom is -0.461 e. The number of hydrogen-bond donors (Lipinski definition) is 1. The standard InChI is InChI=1S/C16H27NO5/c1-6-7-8-12-9-11(10-20-5)13(14(18)21-12)17-15(19)22-16(2,3)4/h6,11-13H,1,7-10H2,2-5H3,(H,17,19)/t11-,12?,13?/m0/s1. The molecule has 126 valence electrons. The summed E-state index contributed by atoms with van der Waals surface area (Å²) in [6.07, 6.45) is 3.16. The van der Waals surface area contributed by atoms with Gasteiger partial charge in [-0.3, -0.25) is 0 Å². The Bertz CT molecular complexity index is 402. The lowest BCUT2D eigenvalue weighted by Crippen LogP contribution is -2.54. The fourth-order valence-corrected chi connectivity index (χ4v) is 2.42. The molecule has 0 saturated carbocycles. The van der Waals surface area contributed by atoms with E-state index < -0.39 is 23.7 Å². The first-order valence-electron chi connectivity index (χ1n) is 7.56. The van der Waals surface area contributed by atoms with Gasteiger partial charge in [-0.15, -0.1) is 6.58 Å². The minimum atomic E-state index is -0.741. The smallest absolute Gasteiger partial charge is 0.408 e. The maximum Gasteiger partial charge on any atom is 0.408 e. The van der Waals surface area contributed by atoms with Crippen molar-refractivity contribution in [2.45, 2.75) is 57.8 Å². The summed E-state index contributed by atoms with van der Waals surface area (Å²) in [6, 6.07) is -0.741. The summed E-state index contributed by atoms with van der Waals surface area (Å²) in [5.74, 6) is -0.568. The van der Waals surface area contributed by atoms with Crippen molar-refractivity contribution in [2.24, 2.45) is 5.92 Å². The Morgan fingerprint density at radius 3 is 2.73 bits per heavy atom. The number of cyclic esters (lactones) is 1. The molecule has 22 heavy (non-hydrogen) atoms. The van der Waals surface area contributed by atoms with Crippen molar-refractivity contribution in [3.05, 3.63) is 12.7 Å². The summed E-state index contributed by atoms with van der Waals surface area (Å²) in [5.41, 5.74) is -0.619. The van der Waals surface area contributed by atoms with E-state index in [0.29, 0.717) is 13.0 Å². The Hall–Kier alpha value is -1.56. The van der Waals surface area contributed by atoms with Crippen LogP contribution < -0.4 is 5.32 Å². The molecule has 1 aliphatic rings. The maximum atomic E-state index is 12.2. The van der Waals surface area contributed by atoms with E-state index in [-0.39, 0.29) is 12.0 Å². The molecule has 1 rings (SSSR count). The average molecular weight is 313 g/mol. The third kappa shape index (κ3) is 6.05. The third-order valence-electron chi connectivity index (χ3n) is 3.32. The van der Waals surface area contributed by atoms with Crippen LogP contribution in [-0.2, 0) is 19.0 Å². The Morgan fingerprint density at radius 2 is 2.18 bits per heavy atom. The summed E-state index contributed by atoms with van der Waals surface area (Å²) in [6.45, 7) is 9.35. The molecule has 6 heteroatoms. The highest BCUT2D eigenvalue weighted by Gasteiger charge is 2.39. The van der Waals surface area contributed by atoms with Gasteiger partial charge in [0.25, 0.3) is 0 Å². The highest BCUT2D eigenvalue weighted by Crippen LogP contribution is 2.25. The molecule has 0 aromatic rings. The SMILES string of the molecule is C=CCCC1C[C@@H](COC)C(NC(=O)OC(C)(C)C)C(=O)O1. The minimum absolute atomic E-state index is 0.131. The average Bonchev–Trinajstić information content (AvgIpc) is 2.38. The van der Waals surface area contributed by atoms with Crippen molar-refractivity contribution in [3.63, 3.8) is 0 Å². The van der Waals surface area contributed by atoms with Gasteiger partial charge in [-0.05, 0) is 40.0 Å². The van der Waals surface area contributed by atoms with E-state index in [4.69, 9.17) is 14.2 Å². The molecule has 1 fully saturated rings. The number of carbonyl (C=O) groups excluding carboxylic acids is 2. The van der Waals surface area contributed by atoms with E-state index in [2.05, 4.69) is 11.9 Å². The van der Waals surface area contributed by atoms with Crippen LogP contribution in [0, 0.1) is 5.92 Å². The monoisotopic (exact) mass is 313 g/mol. The second-order valence-corrected chi connectivity index (χ2v) is 6.50. The fourth-order valence-electron chi connectivity index (χ4n) is 2.42. The lowest BCUT2D eigenvalue weighted by atomic mass is 9.89. The molecule has 0 radical (unpaired) electrons. The van der Waals surface area contributed by atoms with Crippen LogP contribution in [0.15, 0.2) is 12.7 Å². The van der Waals surface area contributed by atoms with Crippen LogP contribution in [0.1, 0.15) is 40.0 Å². The zero-order chi connectivity index (χ0) is 16.8. The third-order valence-corrected chi connectivity index (χ3v) is 3.32. The van der Waals surface area contributed by atoms with Gasteiger partial charge in [-0.2, -0.15) is 0 Å². The molecule has 1 N–H and O–H groups in total. The lowest BCUT2D eigenvalue weighted by molar-refractivity contribution is -0.162. The Morgan fingerprint density at radius 1 is 1.50 bits per heavy atom. The number of ether oxygens (including phenoxy) is 3. The normalized spacial score (nSPS) is 25.3. The van der Waals surface area contributed by atoms with Gasteiger partial charge in [0.1, 0.15) is 17.7 Å². The summed E-state index contributed by atoms with van der Waals surface area (Å²) in [4.78, 5) is 24.1. The highest BCUT2D eigenvalue weighted by atomic mass is 16.6. The number of rotatable bonds is 6. The lowest BCUT2D eigenvalue weighted by Gasteiger charge is -2.35. The zero-order valence-corrected chi connectivity index (χ0v) is 13.9. The molecule has 0 aromatic heterocycles. The number of allylic oxidation sites excluding steroid dienone is 1. The summed E-state index contributed by atoms with van der Waals surface area (Å²) in [7, 11) is 1.57. The van der Waals surface area contributed by atoms with Gasteiger partial charge in [-0.1, -0.05) is 6.08 Å². The molecule has 1 saturated heterocycles. The number of amides is 1. The molecule has 1 amide bonds. The van der Waals surface area contributed by atoms with E-state index in [1.807, 2.05) is 0 Å². The molecule has 3 atom stereocenters. The molecule has 0 bridgehead atoms. The van der Waals surface area contributed by atoms with Crippen molar-refractivity contribution >= 4 is 12.1 Å². The van der Waals surface area contributed by atoms with Gasteiger partial charge in [0.15, 0.2) is 0 Å². The zero-order valence-electron chi connectivity index (χ0n) is 13.9. The predicted octanol–water partition coefficient (Wildman–Crippen LogP) is 2.42. The Kier molecular flexibility index (Phi) is 6.87. The second kappa shape index (κ2) is 8.17. The van der Waals surface area contributed by atoms with Crippen LogP contribution >= 0.6 is 0 Å². The van der Waals surface area contributed by atoms with Crippen LogP contribution in [0.25, 0.3) is 0 Å². The first-order chi connectivity index (χ1) is 10.3. The van der Waals surface area contributed by atoms with E-state index in [1.165, 1.54) is 0 Å². The molecular weight excluding hydrogens is 286 g/mol. The van der Waals surface area contributed by atoms with Crippen LogP contribution in [0.3, 0.4) is 0 Å². The van der Waals surface area contributed by atoms with Crippen LogP contribution in [0.5, 0.6) is 0 Å². The maximum absolute atomic E-state index is 12.2. The molecule has 6 nitrogen and oxygen atoms in total. The quantitative estimate of drug-likeness (QED) is 0.602. The van der Waals surface area contributed by atoms with Gasteiger partial charge in [0, 0.05) is 13.0 Å². The number of alkyl carbamates (subject to hydrolysis) is 1. The van der Waals surface area contributed by atoms with Crippen molar-refractivity contribution in [2.75, 3.05) is 13.7 Å². The summed E-state index contributed by atoms with van der Waals surface area (Å²) < 4.78 is 15.8. The Labute approximate surface area is 132 Å². The van der Waals surface area contributed by atoms with Crippen molar-refractivity contribution in [1.82, 2.24) is 5.32 Å². The summed E-state index contributed by atoms with van der Waals surface area (Å²) in [5, 5.41) is 2.60. The Balaban J connectivity index is 2.69. The summed E-state index contributed by atoms with van der Waals surface area (Å²) >= 11 is 0. The first-order valence-corrected chi connectivity index (χ1v) is 7.56. The number of esters is 1. The van der Waals surface area contributed by atoms with Crippen LogP contribution in [-0.4, -0.2) is 43.5 Å². The van der Waals surface area contributed by atoms with E-state index >= 15 is 0 Å². The highest BCUT2D eigenvalue weighted by molar-refractivity contribution is 5.82. The molecule has 1 heterocycles. The number of carbonyl (C=O) groups is 2. The topological polar surface area (TPSA) is 73.9 Å². The molecule has 2 unspecified atom stereocenters. The fraction of sp³-hybridized carbons (Fsp3) is 0.750. The molecular formula is C16H27NO5. The van der Waals surface area contributed by atoms with Crippen molar-refractivity contribution < 1.29 is 23.8 Å². The first kappa shape index (κ1) is 18.5. The number of methoxy groups -OCH3 is 1.